The van der Waals surface area contributed by atoms with E-state index in [9.17, 15) is 87.9 Å². The number of guanidine groups is 2. The molecule has 0 saturated carbocycles. The lowest BCUT2D eigenvalue weighted by molar-refractivity contribution is -0.150. The van der Waals surface area contributed by atoms with E-state index >= 15 is 14.4 Å². The van der Waals surface area contributed by atoms with Crippen molar-refractivity contribution in [1.29, 1.82) is 0 Å². The number of hydrogen-bond donors (Lipinski definition) is 21. The van der Waals surface area contributed by atoms with Gasteiger partial charge in [0.05, 0.1) is 56.1 Å². The van der Waals surface area contributed by atoms with Crippen LogP contribution in [0.1, 0.15) is 168 Å². The highest BCUT2D eigenvalue weighted by Gasteiger charge is 2.50. The second-order valence-corrected chi connectivity index (χ2v) is 33.7. The molecule has 6 rings (SSSR count). The van der Waals surface area contributed by atoms with Crippen LogP contribution in [0.4, 0.5) is 0 Å². The van der Waals surface area contributed by atoms with Crippen LogP contribution in [0.2, 0.25) is 0 Å². The van der Waals surface area contributed by atoms with Gasteiger partial charge in [-0.15, -0.1) is 0 Å². The first-order valence-electron chi connectivity index (χ1n) is 43.6. The highest BCUT2D eigenvalue weighted by atomic mass is 16.3. The van der Waals surface area contributed by atoms with Crippen LogP contribution in [0, 0.1) is 11.8 Å². The largest absolute Gasteiger partial charge is 0.392 e. The van der Waals surface area contributed by atoms with Gasteiger partial charge in [-0.2, -0.15) is 0 Å². The first-order chi connectivity index (χ1) is 60.5. The smallest absolute Gasteiger partial charge is 0.247 e. The van der Waals surface area contributed by atoms with Crippen molar-refractivity contribution in [3.63, 3.8) is 0 Å². The molecule has 2 aromatic carbocycles. The van der Waals surface area contributed by atoms with Crippen molar-refractivity contribution in [3.05, 3.63) is 71.8 Å². The van der Waals surface area contributed by atoms with E-state index in [1.165, 1.54) is 30.9 Å². The molecule has 4 fully saturated rings. The average molecular weight is 1800 g/mol. The van der Waals surface area contributed by atoms with E-state index in [-0.39, 0.29) is 127 Å². The molecule has 19 atom stereocenters. The van der Waals surface area contributed by atoms with Gasteiger partial charge in [0.1, 0.15) is 72.5 Å². The number of carbonyl (C=O) groups is 16. The highest BCUT2D eigenvalue weighted by Crippen LogP contribution is 2.29. The minimum absolute atomic E-state index is 0.00636. The Labute approximate surface area is 743 Å². The number of likely N-dealkylation sites (N-methyl/N-ethyl adjacent to an activating group) is 1. The zero-order valence-corrected chi connectivity index (χ0v) is 74.1. The van der Waals surface area contributed by atoms with Crippen molar-refractivity contribution in [2.75, 3.05) is 66.0 Å². The minimum atomic E-state index is -1.84. The molecular weight excluding hydrogens is 1670 g/mol. The second-order valence-electron chi connectivity index (χ2n) is 33.7. The van der Waals surface area contributed by atoms with Gasteiger partial charge in [-0.25, -0.2) is 0 Å². The quantitative estimate of drug-likeness (QED) is 0.0166. The lowest BCUT2D eigenvalue weighted by atomic mass is 9.96. The SMILES string of the molecule is CCCCCC[C@H](NC(=O)[C@@H](NC(=O)[C@H](CC(C)C)NC(=O)[C@@H](NC(=O)CNC(=O)[C@@H](NC(=O)[C@H](C)NC(=O)[C@@H]1C[C@@H](O)CN1C(=O)[C@H](CC(N)=O)N(C)C(=O)CN(CCc1ccccc1)C(=O)[C@H](CCCN=C(N)N)NC(=O)[C@H](CCCN=C(N)N)NC(=O)[C@@H]1C[C@@H](O)CN1C(=O)[C@@H]1C[C@@H](O)CN1C(=O)[C@@H]1C[C@@H](O)CN1)c1ccccc1)[C@@H](C)CC)[C@@H](C)O)C(N)=O. The van der Waals surface area contributed by atoms with Crippen LogP contribution in [-0.2, 0) is 83.1 Å². The molecule has 710 valence electrons. The van der Waals surface area contributed by atoms with Gasteiger partial charge in [-0.1, -0.05) is 127 Å². The van der Waals surface area contributed by atoms with Crippen LogP contribution in [0.15, 0.2) is 70.6 Å². The summed E-state index contributed by atoms with van der Waals surface area (Å²) in [6.07, 6.45) is -4.54. The van der Waals surface area contributed by atoms with E-state index in [2.05, 4.69) is 63.2 Å². The van der Waals surface area contributed by atoms with E-state index < -0.39 is 242 Å². The maximum Gasteiger partial charge on any atom is 0.247 e. The monoisotopic (exact) mass is 1800 g/mol. The van der Waals surface area contributed by atoms with Crippen LogP contribution in [0.3, 0.4) is 0 Å². The van der Waals surface area contributed by atoms with Crippen LogP contribution in [0.25, 0.3) is 0 Å². The Morgan fingerprint density at radius 2 is 1.07 bits per heavy atom. The third-order valence-electron chi connectivity index (χ3n) is 22.9. The number of hydrogen-bond acceptors (Lipinski definition) is 24. The number of nitrogens with one attached hydrogen (secondary N) is 10. The van der Waals surface area contributed by atoms with Crippen molar-refractivity contribution >= 4 is 106 Å². The van der Waals surface area contributed by atoms with Crippen LogP contribution in [0.5, 0.6) is 0 Å². The molecule has 16 amide bonds. The summed E-state index contributed by atoms with van der Waals surface area (Å²) < 4.78 is 0. The number of carbonyl (C=O) groups excluding carboxylic acids is 16. The molecule has 0 unspecified atom stereocenters. The zero-order valence-electron chi connectivity index (χ0n) is 74.1. The molecule has 4 saturated heterocycles. The van der Waals surface area contributed by atoms with Crippen molar-refractivity contribution in [2.24, 2.45) is 56.2 Å². The molecule has 0 aromatic heterocycles. The molecule has 2 aromatic rings. The zero-order chi connectivity index (χ0) is 94.9. The van der Waals surface area contributed by atoms with Crippen molar-refractivity contribution < 1.29 is 102 Å². The van der Waals surface area contributed by atoms with Crippen LogP contribution >= 0.6 is 0 Å². The molecule has 128 heavy (non-hydrogen) atoms. The molecule has 4 heterocycles. The number of amides is 16. The van der Waals surface area contributed by atoms with Gasteiger partial charge in [0, 0.05) is 72.1 Å². The van der Waals surface area contributed by atoms with Crippen LogP contribution < -0.4 is 87.6 Å². The Hall–Kier alpha value is -11.7. The number of primary amides is 2. The first kappa shape index (κ1) is 105. The first-order valence-corrected chi connectivity index (χ1v) is 43.6. The predicted molar refractivity (Wildman–Crippen MR) is 466 cm³/mol. The van der Waals surface area contributed by atoms with Gasteiger partial charge in [0.2, 0.25) is 94.5 Å². The van der Waals surface area contributed by atoms with Gasteiger partial charge in [0.15, 0.2) is 11.9 Å². The molecule has 0 aliphatic carbocycles. The third-order valence-corrected chi connectivity index (χ3v) is 22.9. The summed E-state index contributed by atoms with van der Waals surface area (Å²) in [6, 6.07) is -2.20. The van der Waals surface area contributed by atoms with E-state index in [1.54, 1.807) is 76.2 Å². The maximum atomic E-state index is 15.4. The number of benzene rings is 2. The normalized spacial score (nSPS) is 20.9. The Morgan fingerprint density at radius 1 is 0.539 bits per heavy atom. The minimum Gasteiger partial charge on any atom is -0.392 e. The standard InChI is InChI=1S/C84H133N23O21/c1-9-11-12-19-26-55(70(86)116)96-78(124)68(48(7)108)101-73(119)58(33-45(3)4)99-77(123)67(46(5)10-2)100-65(114)40-94-76(122)69(50-24-17-14-18-25-50)102-71(117)47(6)95-74(120)60-35-52(110)41-105(60)81(127)62(38-64(85)113)103(8)66(115)44-104(32-29-49-22-15-13-16-23-49)79(125)57(28-21-31-92-84(89)90)98-72(118)56(27-20-30-91-83(87)88)97-75(121)61-36-53(111)42-106(61)82(128)63-37-54(112)43-107(63)80(126)59-34-51(109)39-93-59/h13-18,22-25,45-48,51-63,67-69,93,108-112H,9-12,19-21,26-44H2,1-8H3,(H2,85,113)(H2,86,116)(H,94,122)(H,95,120)(H,96,124)(H,97,121)(H,98,118)(H,99,123)(H,100,114)(H,101,119)(H,102,117)(H4,87,88,91)(H4,89,90,92)/t46-,47-,48+,51+,52+,53+,54+,55-,56-,57-,58-,59-,60-,61-,62-,63-,67-,68-,69-/m0/s1. The summed E-state index contributed by atoms with van der Waals surface area (Å²) in [5.74, 6) is -16.0. The van der Waals surface area contributed by atoms with Gasteiger partial charge in [-0.3, -0.25) is 86.7 Å². The summed E-state index contributed by atoms with van der Waals surface area (Å²) in [6.45, 7) is 8.34. The van der Waals surface area contributed by atoms with Crippen LogP contribution in [-0.4, -0.2) is 325 Å². The van der Waals surface area contributed by atoms with Gasteiger partial charge < -0.3 is 138 Å². The molecule has 0 spiro atoms. The Morgan fingerprint density at radius 3 is 1.62 bits per heavy atom. The number of aliphatic imine (C=N–C) groups is 2. The Bertz CT molecular complexity index is 4200. The van der Waals surface area contributed by atoms with E-state index in [1.807, 2.05) is 6.92 Å². The molecular formula is C84H133N23O21. The van der Waals surface area contributed by atoms with Crippen molar-refractivity contribution in [2.45, 2.75) is 267 Å². The number of nitrogens with two attached hydrogens (primary N) is 6. The molecule has 0 radical (unpaired) electrons. The predicted octanol–water partition coefficient (Wildman–Crippen LogP) is -7.21. The summed E-state index contributed by atoms with van der Waals surface area (Å²) in [7, 11) is 1.13. The Balaban J connectivity index is 1.17. The fourth-order valence-corrected chi connectivity index (χ4v) is 15.6. The molecule has 4 aliphatic heterocycles. The fourth-order valence-electron chi connectivity index (χ4n) is 15.6. The average Bonchev–Trinajstić information content (AvgIpc) is 1.63. The second kappa shape index (κ2) is 51.3. The number of nitrogens with zero attached hydrogens (tertiary/aromatic N) is 7. The lowest BCUT2D eigenvalue weighted by Crippen LogP contribution is -2.61. The molecule has 0 bridgehead atoms. The topological polar surface area (TPSA) is 692 Å². The van der Waals surface area contributed by atoms with Crippen molar-refractivity contribution in [3.8, 4) is 0 Å². The highest BCUT2D eigenvalue weighted by molar-refractivity contribution is 6.01. The molecule has 44 heteroatoms. The molecule has 4 aliphatic rings. The summed E-state index contributed by atoms with van der Waals surface area (Å²) in [4.78, 5) is 240. The molecule has 27 N–H and O–H groups in total. The number of β-amino-alcohol motifs (C(OH)–C–C–N with tert-alkyl or cyclic N) is 4. The summed E-state index contributed by atoms with van der Waals surface area (Å²) in [5.41, 5.74) is 34.8. The maximum absolute atomic E-state index is 15.4. The van der Waals surface area contributed by atoms with Crippen molar-refractivity contribution in [1.82, 2.24) is 77.7 Å². The number of aliphatic hydroxyl groups is 5. The number of rotatable bonds is 50. The van der Waals surface area contributed by atoms with E-state index in [0.29, 0.717) is 18.4 Å². The van der Waals surface area contributed by atoms with Gasteiger partial charge >= 0.3 is 0 Å². The molecule has 44 nitrogen and oxygen atoms in total. The Kier molecular flexibility index (Phi) is 42.1. The summed E-state index contributed by atoms with van der Waals surface area (Å²) >= 11 is 0. The van der Waals surface area contributed by atoms with E-state index in [0.717, 1.165) is 45.9 Å². The van der Waals surface area contributed by atoms with Gasteiger partial charge in [-0.05, 0) is 88.2 Å². The summed E-state index contributed by atoms with van der Waals surface area (Å²) in [5, 5.41) is 80.0. The van der Waals surface area contributed by atoms with Gasteiger partial charge in [0.25, 0.3) is 0 Å². The van der Waals surface area contributed by atoms with E-state index in [4.69, 9.17) is 34.4 Å². The number of aliphatic hydroxyl groups excluding tert-OH is 5. The lowest BCUT2D eigenvalue weighted by Gasteiger charge is -2.35. The number of likely N-dealkylation sites (tertiary alicyclic amines) is 3. The number of unbranched alkanes of at least 4 members (excludes halogenated alkanes) is 3. The third kappa shape index (κ3) is 32.2. The fraction of sp³-hybridized carbons (Fsp3) is 0.643.